The summed E-state index contributed by atoms with van der Waals surface area (Å²) in [5.74, 6) is 0. The van der Waals surface area contributed by atoms with Crippen molar-refractivity contribution in [3.05, 3.63) is 72.9 Å². The van der Waals surface area contributed by atoms with Gasteiger partial charge in [-0.15, -0.1) is 0 Å². The second-order valence-electron chi connectivity index (χ2n) is 5.27. The van der Waals surface area contributed by atoms with E-state index < -0.39 is 0 Å². The fourth-order valence-electron chi connectivity index (χ4n) is 1.82. The number of rotatable bonds is 14. The van der Waals surface area contributed by atoms with Crippen molar-refractivity contribution in [2.45, 2.75) is 58.3 Å². The molecule has 0 nitrogen and oxygen atoms in total. The SMILES string of the molecule is CCC/C=C\C/C=C\C/C=C\C/C=C\C/C=C\C/C=C\CCBr. The normalized spacial score (nSPS) is 13.3. The van der Waals surface area contributed by atoms with Gasteiger partial charge in [-0.3, -0.25) is 0 Å². The average Bonchev–Trinajstić information content (AvgIpc) is 2.57. The van der Waals surface area contributed by atoms with Crippen molar-refractivity contribution in [1.82, 2.24) is 0 Å². The molecule has 0 rings (SSSR count). The van der Waals surface area contributed by atoms with Gasteiger partial charge in [0.05, 0.1) is 0 Å². The van der Waals surface area contributed by atoms with Crippen LogP contribution in [0.2, 0.25) is 0 Å². The number of hydrogen-bond donors (Lipinski definition) is 0. The summed E-state index contributed by atoms with van der Waals surface area (Å²) in [6, 6.07) is 0. The Balaban J connectivity index is 3.48. The molecule has 0 aliphatic carbocycles. The smallest absolute Gasteiger partial charge is 0.00659 e. The van der Waals surface area contributed by atoms with Crippen LogP contribution < -0.4 is 0 Å². The Hall–Kier alpha value is -1.08. The van der Waals surface area contributed by atoms with E-state index in [-0.39, 0.29) is 0 Å². The largest absolute Gasteiger partial charge is 0.0925 e. The molecule has 0 radical (unpaired) electrons. The summed E-state index contributed by atoms with van der Waals surface area (Å²) in [5.41, 5.74) is 0. The van der Waals surface area contributed by atoms with Gasteiger partial charge in [-0.05, 0) is 44.9 Å². The van der Waals surface area contributed by atoms with E-state index in [0.717, 1.165) is 43.9 Å². The van der Waals surface area contributed by atoms with Crippen LogP contribution in [0.5, 0.6) is 0 Å². The van der Waals surface area contributed by atoms with E-state index in [9.17, 15) is 0 Å². The Kier molecular flexibility index (Phi) is 19.9. The molecule has 0 heterocycles. The monoisotopic (exact) mass is 376 g/mol. The predicted molar refractivity (Wildman–Crippen MR) is 111 cm³/mol. The molecule has 0 atom stereocenters. The highest BCUT2D eigenvalue weighted by Gasteiger charge is 1.76. The quantitative estimate of drug-likeness (QED) is 0.213. The first-order chi connectivity index (χ1) is 11.4. The lowest BCUT2D eigenvalue weighted by molar-refractivity contribution is 0.954. The van der Waals surface area contributed by atoms with Crippen LogP contribution in [0.4, 0.5) is 0 Å². The van der Waals surface area contributed by atoms with E-state index in [1.54, 1.807) is 0 Å². The van der Waals surface area contributed by atoms with Crippen molar-refractivity contribution >= 4 is 15.9 Å². The third kappa shape index (κ3) is 20.9. The van der Waals surface area contributed by atoms with Gasteiger partial charge in [-0.2, -0.15) is 0 Å². The Bertz CT molecular complexity index is 356. The van der Waals surface area contributed by atoms with Gasteiger partial charge in [-0.25, -0.2) is 0 Å². The molecule has 0 saturated heterocycles. The van der Waals surface area contributed by atoms with Gasteiger partial charge in [0.15, 0.2) is 0 Å². The fourth-order valence-corrected chi connectivity index (χ4v) is 2.08. The Morgan fingerprint density at radius 1 is 0.478 bits per heavy atom. The lowest BCUT2D eigenvalue weighted by Crippen LogP contribution is -1.66. The first kappa shape index (κ1) is 21.9. The van der Waals surface area contributed by atoms with E-state index in [1.807, 2.05) is 0 Å². The molecule has 0 aromatic heterocycles. The van der Waals surface area contributed by atoms with Crippen LogP contribution >= 0.6 is 15.9 Å². The Labute approximate surface area is 152 Å². The van der Waals surface area contributed by atoms with Gasteiger partial charge in [0.25, 0.3) is 0 Å². The van der Waals surface area contributed by atoms with E-state index in [2.05, 4.69) is 95.8 Å². The molecular formula is C22H33Br. The van der Waals surface area contributed by atoms with E-state index in [1.165, 1.54) is 12.8 Å². The maximum atomic E-state index is 3.41. The Morgan fingerprint density at radius 2 is 0.783 bits per heavy atom. The summed E-state index contributed by atoms with van der Waals surface area (Å²) in [6.07, 6.45) is 35.6. The second kappa shape index (κ2) is 20.9. The van der Waals surface area contributed by atoms with Gasteiger partial charge >= 0.3 is 0 Å². The fraction of sp³-hybridized carbons (Fsp3) is 0.455. The second-order valence-corrected chi connectivity index (χ2v) is 6.07. The molecule has 0 N–H and O–H groups in total. The highest BCUT2D eigenvalue weighted by Crippen LogP contribution is 1.97. The van der Waals surface area contributed by atoms with Crippen LogP contribution in [0, 0.1) is 0 Å². The summed E-state index contributed by atoms with van der Waals surface area (Å²) in [4.78, 5) is 0. The Morgan fingerprint density at radius 3 is 1.09 bits per heavy atom. The first-order valence-corrected chi connectivity index (χ1v) is 9.99. The standard InChI is InChI=1S/C22H33Br/c1-2-3-4-5-6-7-8-9-10-11-12-13-14-15-16-17-18-19-20-21-22-23/h4-5,7-8,10-11,13-14,16-17,19-20H,2-3,6,9,12,15,18,21-22H2,1H3/b5-4-,8-7-,11-10-,14-13-,17-16-,20-19-. The predicted octanol–water partition coefficient (Wildman–Crippen LogP) is 7.86. The molecule has 1 heteroatoms. The molecule has 0 unspecified atom stereocenters. The van der Waals surface area contributed by atoms with Gasteiger partial charge < -0.3 is 0 Å². The average molecular weight is 377 g/mol. The highest BCUT2D eigenvalue weighted by atomic mass is 79.9. The van der Waals surface area contributed by atoms with Crippen LogP contribution in [-0.2, 0) is 0 Å². The molecule has 0 bridgehead atoms. The number of unbranched alkanes of at least 4 members (excludes halogenated alkanes) is 1. The molecule has 0 saturated carbocycles. The van der Waals surface area contributed by atoms with E-state index >= 15 is 0 Å². The zero-order chi connectivity index (χ0) is 16.8. The minimum absolute atomic E-state index is 1.03. The summed E-state index contributed by atoms with van der Waals surface area (Å²) in [5, 5.41) is 1.05. The van der Waals surface area contributed by atoms with Gasteiger partial charge in [0.2, 0.25) is 0 Å². The first-order valence-electron chi connectivity index (χ1n) is 8.87. The van der Waals surface area contributed by atoms with E-state index in [0.29, 0.717) is 0 Å². The molecule has 0 aromatic rings. The van der Waals surface area contributed by atoms with Crippen molar-refractivity contribution in [1.29, 1.82) is 0 Å². The zero-order valence-electron chi connectivity index (χ0n) is 14.7. The molecule has 128 valence electrons. The van der Waals surface area contributed by atoms with Gasteiger partial charge in [0, 0.05) is 5.33 Å². The van der Waals surface area contributed by atoms with Crippen LogP contribution in [-0.4, -0.2) is 5.33 Å². The maximum absolute atomic E-state index is 3.41. The maximum Gasteiger partial charge on any atom is 0.00659 e. The molecule has 0 aromatic carbocycles. The molecule has 0 spiro atoms. The molecule has 23 heavy (non-hydrogen) atoms. The van der Waals surface area contributed by atoms with Crippen LogP contribution in [0.3, 0.4) is 0 Å². The lowest BCUT2D eigenvalue weighted by atomic mass is 10.2. The number of allylic oxidation sites excluding steroid dienone is 12. The van der Waals surface area contributed by atoms with Crippen LogP contribution in [0.25, 0.3) is 0 Å². The molecule has 0 fully saturated rings. The topological polar surface area (TPSA) is 0 Å². The van der Waals surface area contributed by atoms with E-state index in [4.69, 9.17) is 0 Å². The minimum Gasteiger partial charge on any atom is -0.0925 e. The third-order valence-corrected chi connectivity index (χ3v) is 3.55. The zero-order valence-corrected chi connectivity index (χ0v) is 16.3. The van der Waals surface area contributed by atoms with Gasteiger partial charge in [0.1, 0.15) is 0 Å². The minimum atomic E-state index is 1.03. The molecule has 0 aliphatic heterocycles. The van der Waals surface area contributed by atoms with Crippen LogP contribution in [0.1, 0.15) is 58.3 Å². The van der Waals surface area contributed by atoms with Gasteiger partial charge in [-0.1, -0.05) is 102 Å². The van der Waals surface area contributed by atoms with Crippen LogP contribution in [0.15, 0.2) is 72.9 Å². The third-order valence-electron chi connectivity index (χ3n) is 3.09. The molecular weight excluding hydrogens is 344 g/mol. The summed E-state index contributed by atoms with van der Waals surface area (Å²) >= 11 is 3.41. The summed E-state index contributed by atoms with van der Waals surface area (Å²) in [6.45, 7) is 2.21. The molecule has 0 aliphatic rings. The molecule has 0 amide bonds. The summed E-state index contributed by atoms with van der Waals surface area (Å²) < 4.78 is 0. The van der Waals surface area contributed by atoms with Crippen molar-refractivity contribution in [2.24, 2.45) is 0 Å². The summed E-state index contributed by atoms with van der Waals surface area (Å²) in [7, 11) is 0. The van der Waals surface area contributed by atoms with Crippen molar-refractivity contribution in [2.75, 3.05) is 5.33 Å². The van der Waals surface area contributed by atoms with Crippen molar-refractivity contribution in [3.63, 3.8) is 0 Å². The number of hydrogen-bond acceptors (Lipinski definition) is 0. The highest BCUT2D eigenvalue weighted by molar-refractivity contribution is 9.09. The van der Waals surface area contributed by atoms with Crippen molar-refractivity contribution < 1.29 is 0 Å². The van der Waals surface area contributed by atoms with Crippen molar-refractivity contribution in [3.8, 4) is 0 Å². The number of halogens is 1. The lowest BCUT2D eigenvalue weighted by Gasteiger charge is -1.86. The number of alkyl halides is 1.